The molecule has 2 N–H and O–H groups in total. The average Bonchev–Trinajstić information content (AvgIpc) is 1.73. The van der Waals surface area contributed by atoms with Crippen LogP contribution in [0.4, 0.5) is 57.1 Å². The molecule has 0 aliphatic carbocycles. The molecule has 92 heavy (non-hydrogen) atoms. The molecule has 12 nitrogen and oxygen atoms in total. The molecule has 10 aromatic carbocycles. The number of nitrogens with zero attached hydrogens (tertiary/aromatic N) is 10. The minimum absolute atomic E-state index is 0.266. The van der Waals surface area contributed by atoms with Crippen LogP contribution in [0.5, 0.6) is 0 Å². The first-order valence-corrected chi connectivity index (χ1v) is 31.5. The van der Waals surface area contributed by atoms with Gasteiger partial charge in [-0.2, -0.15) is 10.5 Å². The van der Waals surface area contributed by atoms with Crippen LogP contribution in [-0.2, 0) is 0 Å². The first kappa shape index (κ1) is 54.9. The van der Waals surface area contributed by atoms with Gasteiger partial charge < -0.3 is 20.4 Å². The highest BCUT2D eigenvalue weighted by molar-refractivity contribution is 7.13. The maximum atomic E-state index is 10.9. The predicted octanol–water partition coefficient (Wildman–Crippen LogP) is 20.3. The van der Waals surface area contributed by atoms with Crippen LogP contribution >= 0.6 is 22.7 Å². The maximum absolute atomic E-state index is 10.9. The summed E-state index contributed by atoms with van der Waals surface area (Å²) in [6, 6.07) is 86.9. The molecule has 2 aliphatic heterocycles. The zero-order valence-electron chi connectivity index (χ0n) is 48.8. The van der Waals surface area contributed by atoms with E-state index in [2.05, 4.69) is 212 Å². The van der Waals surface area contributed by atoms with Gasteiger partial charge in [-0.25, -0.2) is 29.9 Å². The van der Waals surface area contributed by atoms with Crippen molar-refractivity contribution in [2.75, 3.05) is 20.4 Å². The van der Waals surface area contributed by atoms with Crippen molar-refractivity contribution in [3.63, 3.8) is 0 Å². The Morgan fingerprint density at radius 1 is 0.359 bits per heavy atom. The van der Waals surface area contributed by atoms with Crippen molar-refractivity contribution in [2.24, 2.45) is 9.98 Å². The third-order valence-corrected chi connectivity index (χ3v) is 18.2. The highest BCUT2D eigenvalue weighted by Crippen LogP contribution is 2.42. The topological polar surface area (TPSA) is 154 Å². The van der Waals surface area contributed by atoms with E-state index in [1.807, 2.05) is 108 Å². The van der Waals surface area contributed by atoms with E-state index in [9.17, 15) is 10.5 Å². The van der Waals surface area contributed by atoms with Crippen LogP contribution in [0.1, 0.15) is 22.3 Å². The van der Waals surface area contributed by atoms with E-state index >= 15 is 0 Å². The first-order valence-electron chi connectivity index (χ1n) is 29.7. The molecule has 14 aromatic rings. The summed E-state index contributed by atoms with van der Waals surface area (Å²) in [6.07, 6.45) is 7.35. The molecule has 0 unspecified atom stereocenters. The number of aliphatic imine (C=N–C) groups is 2. The van der Waals surface area contributed by atoms with E-state index in [-0.39, 0.29) is 11.1 Å². The Hall–Kier alpha value is -12.5. The number of pyridine rings is 2. The molecule has 0 atom stereocenters. The van der Waals surface area contributed by atoms with E-state index in [1.165, 1.54) is 21.5 Å². The van der Waals surface area contributed by atoms with Crippen LogP contribution < -0.4 is 20.4 Å². The molecule has 14 heteroatoms. The SMILES string of the molecule is N#C/C(=C(/C#N)c1ccc(N(c2ccc(-c3ccc(/N=C4\Nc5cccc6cccc4c56)nc3)cc2)c2ccc(-c3nccs3)cc2)cc1)c1ccc(N(c2ccc(-c3ccc(/N=C4\Nc5cccc6cccc4c56)nc3)cc2)c2ccc(-c3nccs3)cc2)cc1. The molecule has 0 amide bonds. The molecular weight excluding hydrogens is 1170 g/mol. The Bertz CT molecular complexity index is 4940. The van der Waals surface area contributed by atoms with Crippen LogP contribution in [-0.4, -0.2) is 31.6 Å². The first-order chi connectivity index (χ1) is 45.5. The van der Waals surface area contributed by atoms with Crippen LogP contribution in [0.2, 0.25) is 0 Å². The van der Waals surface area contributed by atoms with Gasteiger partial charge in [-0.3, -0.25) is 0 Å². The fourth-order valence-electron chi connectivity index (χ4n) is 12.1. The van der Waals surface area contributed by atoms with Gasteiger partial charge in [-0.1, -0.05) is 109 Å². The minimum atomic E-state index is 0.266. The van der Waals surface area contributed by atoms with Crippen LogP contribution in [0.15, 0.2) is 288 Å². The molecule has 0 saturated heterocycles. The largest absolute Gasteiger partial charge is 0.339 e. The van der Waals surface area contributed by atoms with E-state index < -0.39 is 0 Å². The number of hydrogen-bond donors (Lipinski definition) is 2. The van der Waals surface area contributed by atoms with Crippen LogP contribution in [0.3, 0.4) is 0 Å². The molecule has 0 saturated carbocycles. The van der Waals surface area contributed by atoms with Crippen LogP contribution in [0.25, 0.3) is 76.1 Å². The Morgan fingerprint density at radius 3 is 1.02 bits per heavy atom. The van der Waals surface area contributed by atoms with E-state index in [1.54, 1.807) is 22.7 Å². The second-order valence-electron chi connectivity index (χ2n) is 22.0. The molecule has 6 heterocycles. The third-order valence-electron chi connectivity index (χ3n) is 16.6. The van der Waals surface area contributed by atoms with Crippen molar-refractivity contribution >= 4 is 124 Å². The lowest BCUT2D eigenvalue weighted by Crippen LogP contribution is -2.10. The molecule has 0 bridgehead atoms. The minimum Gasteiger partial charge on any atom is -0.339 e. The Morgan fingerprint density at radius 2 is 0.696 bits per heavy atom. The van der Waals surface area contributed by atoms with Gasteiger partial charge >= 0.3 is 0 Å². The number of allylic oxidation sites excluding steroid dienone is 2. The van der Waals surface area contributed by atoms with Crippen molar-refractivity contribution in [3.05, 3.63) is 300 Å². The van der Waals surface area contributed by atoms with E-state index in [4.69, 9.17) is 20.0 Å². The summed E-state index contributed by atoms with van der Waals surface area (Å²) in [4.78, 5) is 32.8. The van der Waals surface area contributed by atoms with Crippen molar-refractivity contribution < 1.29 is 0 Å². The Kier molecular flexibility index (Phi) is 14.1. The van der Waals surface area contributed by atoms with Crippen molar-refractivity contribution in [1.29, 1.82) is 10.5 Å². The number of nitrogens with one attached hydrogen (secondary N) is 2. The number of rotatable bonds is 14. The predicted molar refractivity (Wildman–Crippen MR) is 377 cm³/mol. The molecule has 2 aliphatic rings. The second kappa shape index (κ2) is 23.6. The summed E-state index contributed by atoms with van der Waals surface area (Å²) in [6.45, 7) is 0. The number of amidine groups is 2. The average molecular weight is 1220 g/mol. The summed E-state index contributed by atoms with van der Waals surface area (Å²) in [5, 5.41) is 39.3. The van der Waals surface area contributed by atoms with Crippen molar-refractivity contribution in [2.45, 2.75) is 0 Å². The number of benzene rings is 10. The zero-order chi connectivity index (χ0) is 61.5. The molecule has 0 fully saturated rings. The summed E-state index contributed by atoms with van der Waals surface area (Å²) < 4.78 is 0. The van der Waals surface area contributed by atoms with Crippen molar-refractivity contribution in [1.82, 2.24) is 19.9 Å². The van der Waals surface area contributed by atoms with Crippen LogP contribution in [0, 0.1) is 22.7 Å². The van der Waals surface area contributed by atoms with Crippen molar-refractivity contribution in [3.8, 4) is 55.5 Å². The zero-order valence-corrected chi connectivity index (χ0v) is 50.5. The standard InChI is InChI=1S/C78H48N12S2/c79-45-67(51-17-31-61(32-18-51)89(63-35-21-55(22-36-63)77-81-41-43-91-77)59-27-13-49(14-28-59)57-25-39-71(83-47-57)87-75-65-9-1-5-53-7-3-11-69(85-75)73(53)65)68(46-80)52-19-33-62(34-20-52)90(64-37-23-56(24-38-64)78-82-42-44-92-78)60-29-15-50(16-30-60)58-26-40-72(84-48-58)88-76-66-10-2-6-54-8-4-12-70(86-76)74(54)66/h1-44,47-48H,(H,83,85,87)(H,84,86,88)/b68-67+. The Balaban J connectivity index is 0.671. The van der Waals surface area contributed by atoms with Gasteiger partial charge in [0.2, 0.25) is 0 Å². The number of hydrogen-bond acceptors (Lipinski definition) is 12. The number of aromatic nitrogens is 4. The fraction of sp³-hybridized carbons (Fsp3) is 0. The van der Waals surface area contributed by atoms with Gasteiger partial charge in [0.25, 0.3) is 0 Å². The van der Waals surface area contributed by atoms with Gasteiger partial charge in [-0.15, -0.1) is 22.7 Å². The smallest absolute Gasteiger partial charge is 0.154 e. The van der Waals surface area contributed by atoms with Gasteiger partial charge in [0.15, 0.2) is 11.6 Å². The number of thiazole rings is 2. The maximum Gasteiger partial charge on any atom is 0.154 e. The molecule has 16 rings (SSSR count). The van der Waals surface area contributed by atoms with Gasteiger partial charge in [0, 0.05) is 125 Å². The summed E-state index contributed by atoms with van der Waals surface area (Å²) >= 11 is 3.19. The lowest BCUT2D eigenvalue weighted by molar-refractivity contribution is 1.27. The summed E-state index contributed by atoms with van der Waals surface area (Å²) in [5.74, 6) is 2.79. The monoisotopic (exact) mass is 1220 g/mol. The highest BCUT2D eigenvalue weighted by Gasteiger charge is 2.23. The quantitative estimate of drug-likeness (QED) is 0.0794. The third kappa shape index (κ3) is 10.3. The van der Waals surface area contributed by atoms with Gasteiger partial charge in [0.05, 0.1) is 11.1 Å². The lowest BCUT2D eigenvalue weighted by Gasteiger charge is -2.26. The Labute approximate surface area is 537 Å². The molecule has 432 valence electrons. The number of anilines is 8. The summed E-state index contributed by atoms with van der Waals surface area (Å²) in [7, 11) is 0. The molecule has 4 aromatic heterocycles. The van der Waals surface area contributed by atoms with E-state index in [0.717, 1.165) is 112 Å². The molecular formula is C78H48N12S2. The molecule has 0 spiro atoms. The normalized spacial score (nSPS) is 13.2. The van der Waals surface area contributed by atoms with Gasteiger partial charge in [-0.05, 0) is 166 Å². The second-order valence-corrected chi connectivity index (χ2v) is 23.8. The highest BCUT2D eigenvalue weighted by atomic mass is 32.1. The van der Waals surface area contributed by atoms with Gasteiger partial charge in [0.1, 0.15) is 33.8 Å². The molecule has 0 radical (unpaired) electrons. The van der Waals surface area contributed by atoms with E-state index in [0.29, 0.717) is 22.8 Å². The lowest BCUT2D eigenvalue weighted by atomic mass is 9.95. The fourth-order valence-corrected chi connectivity index (χ4v) is 13.4. The number of nitriles is 2. The summed E-state index contributed by atoms with van der Waals surface area (Å²) in [5.41, 5.74) is 17.4.